The molecule has 0 aliphatic rings. The van der Waals surface area contributed by atoms with Crippen molar-refractivity contribution in [2.75, 3.05) is 12.4 Å². The van der Waals surface area contributed by atoms with E-state index in [-0.39, 0.29) is 5.56 Å². The van der Waals surface area contributed by atoms with Crippen molar-refractivity contribution in [3.63, 3.8) is 0 Å². The molecule has 156 valence electrons. The number of carbonyl (C=O) groups is 2. The van der Waals surface area contributed by atoms with Gasteiger partial charge in [0.1, 0.15) is 5.69 Å². The highest BCUT2D eigenvalue weighted by molar-refractivity contribution is 9.11. The van der Waals surface area contributed by atoms with E-state index in [1.54, 1.807) is 41.2 Å². The van der Waals surface area contributed by atoms with Crippen LogP contribution in [0, 0.1) is 0 Å². The monoisotopic (exact) mass is 663 g/mol. The van der Waals surface area contributed by atoms with E-state index in [2.05, 4.69) is 89.9 Å². The number of nitrogens with one attached hydrogen (secondary N) is 3. The second-order valence-electron chi connectivity index (χ2n) is 5.75. The highest BCUT2D eigenvalue weighted by Gasteiger charge is 2.22. The van der Waals surface area contributed by atoms with Gasteiger partial charge in [0, 0.05) is 25.8 Å². The molecule has 8 nitrogen and oxygen atoms in total. The van der Waals surface area contributed by atoms with E-state index in [9.17, 15) is 9.59 Å². The van der Waals surface area contributed by atoms with Crippen LogP contribution in [0.25, 0.3) is 5.82 Å². The molecule has 0 saturated heterocycles. The molecule has 3 aromatic rings. The third-order valence-electron chi connectivity index (χ3n) is 3.79. The molecule has 0 spiro atoms. The largest absolute Gasteiger partial charge is 0.319 e. The maximum atomic E-state index is 13.2. The van der Waals surface area contributed by atoms with Crippen molar-refractivity contribution >= 4 is 81.2 Å². The van der Waals surface area contributed by atoms with Crippen LogP contribution < -0.4 is 16.3 Å². The lowest BCUT2D eigenvalue weighted by molar-refractivity contribution is 0.0459. The van der Waals surface area contributed by atoms with E-state index in [1.165, 1.54) is 7.11 Å². The van der Waals surface area contributed by atoms with E-state index in [4.69, 9.17) is 0 Å². The fourth-order valence-electron chi connectivity index (χ4n) is 2.56. The van der Waals surface area contributed by atoms with Gasteiger partial charge in [0.2, 0.25) is 0 Å². The van der Waals surface area contributed by atoms with Crippen molar-refractivity contribution in [2.45, 2.75) is 0 Å². The predicted molar refractivity (Wildman–Crippen MR) is 126 cm³/mol. The summed E-state index contributed by atoms with van der Waals surface area (Å²) in [6.45, 7) is 0. The van der Waals surface area contributed by atoms with Gasteiger partial charge >= 0.3 is 0 Å². The summed E-state index contributed by atoms with van der Waals surface area (Å²) in [5, 5.41) is 2.80. The van der Waals surface area contributed by atoms with Crippen molar-refractivity contribution in [1.82, 2.24) is 20.6 Å². The van der Waals surface area contributed by atoms with Gasteiger partial charge in [-0.25, -0.2) is 4.98 Å². The second-order valence-corrected chi connectivity index (χ2v) is 9.29. The summed E-state index contributed by atoms with van der Waals surface area (Å²) in [7, 11) is 1.36. The van der Waals surface area contributed by atoms with E-state index in [0.29, 0.717) is 30.6 Å². The number of hydrazine groups is 1. The Bertz CT molecular complexity index is 1120. The van der Waals surface area contributed by atoms with Gasteiger partial charge in [-0.15, -0.1) is 5.59 Å². The average Bonchev–Trinajstić information content (AvgIpc) is 3.09. The maximum absolute atomic E-state index is 13.2. The molecular formula is C18H13Br4N5O3. The molecule has 0 aliphatic carbocycles. The first-order valence-corrected chi connectivity index (χ1v) is 11.4. The lowest BCUT2D eigenvalue weighted by Gasteiger charge is -2.15. The SMILES string of the molecule is CONNC(=O)c1cc(Br)cc(Br)c1NC(=O)c1cc(Br)cn1-c1ncccc1Br. The molecule has 3 N–H and O–H groups in total. The predicted octanol–water partition coefficient (Wildman–Crippen LogP) is 4.97. The molecular weight excluding hydrogens is 654 g/mol. The van der Waals surface area contributed by atoms with Crippen LogP contribution in [0.4, 0.5) is 5.69 Å². The van der Waals surface area contributed by atoms with Gasteiger partial charge in [0.25, 0.3) is 11.8 Å². The molecule has 0 atom stereocenters. The number of amides is 2. The average molecular weight is 667 g/mol. The Kier molecular flexibility index (Phi) is 7.82. The van der Waals surface area contributed by atoms with Crippen LogP contribution >= 0.6 is 63.7 Å². The summed E-state index contributed by atoms with van der Waals surface area (Å²) >= 11 is 13.6. The lowest BCUT2D eigenvalue weighted by atomic mass is 10.1. The Labute approximate surface area is 205 Å². The number of nitrogens with zero attached hydrogens (tertiary/aromatic N) is 2. The van der Waals surface area contributed by atoms with Crippen LogP contribution in [0.15, 0.2) is 60.6 Å². The number of anilines is 1. The number of halogens is 4. The fraction of sp³-hybridized carbons (Fsp3) is 0.0556. The van der Waals surface area contributed by atoms with Crippen molar-refractivity contribution in [2.24, 2.45) is 0 Å². The molecule has 3 rings (SSSR count). The zero-order valence-electron chi connectivity index (χ0n) is 15.2. The quantitative estimate of drug-likeness (QED) is 0.323. The molecule has 2 amide bonds. The zero-order valence-corrected chi connectivity index (χ0v) is 21.5. The Balaban J connectivity index is 2.00. The van der Waals surface area contributed by atoms with Gasteiger partial charge in [-0.2, -0.15) is 0 Å². The van der Waals surface area contributed by atoms with E-state index < -0.39 is 11.8 Å². The number of hydrogen-bond acceptors (Lipinski definition) is 5. The molecule has 0 unspecified atom stereocenters. The normalized spacial score (nSPS) is 10.7. The standard InChI is InChI=1S/C18H13Br4N5O3/c1-30-26-25-17(28)11-5-9(19)6-13(22)15(11)24-18(29)14-7-10(20)8-27(14)16-12(21)3-2-4-23-16/h2-8,26H,1H3,(H,24,29)(H,25,28). The highest BCUT2D eigenvalue weighted by atomic mass is 79.9. The molecule has 2 aromatic heterocycles. The summed E-state index contributed by atoms with van der Waals surface area (Å²) in [5.74, 6) is -0.390. The number of benzene rings is 1. The van der Waals surface area contributed by atoms with Gasteiger partial charge in [0.15, 0.2) is 5.82 Å². The number of rotatable bonds is 6. The molecule has 30 heavy (non-hydrogen) atoms. The molecule has 0 fully saturated rings. The van der Waals surface area contributed by atoms with Crippen LogP contribution in [0.2, 0.25) is 0 Å². The molecule has 0 bridgehead atoms. The minimum atomic E-state index is -0.502. The molecule has 0 saturated carbocycles. The molecule has 0 radical (unpaired) electrons. The van der Waals surface area contributed by atoms with E-state index in [0.717, 1.165) is 4.47 Å². The van der Waals surface area contributed by atoms with Gasteiger partial charge in [-0.3, -0.25) is 24.4 Å². The van der Waals surface area contributed by atoms with Crippen LogP contribution in [0.5, 0.6) is 0 Å². The first-order valence-electron chi connectivity index (χ1n) is 8.19. The fourth-order valence-corrected chi connectivity index (χ4v) is 4.75. The van der Waals surface area contributed by atoms with Gasteiger partial charge in [-0.05, 0) is 78.1 Å². The van der Waals surface area contributed by atoms with E-state index >= 15 is 0 Å². The summed E-state index contributed by atoms with van der Waals surface area (Å²) < 4.78 is 4.23. The van der Waals surface area contributed by atoms with Crippen molar-refractivity contribution in [3.05, 3.63) is 71.9 Å². The summed E-state index contributed by atoms with van der Waals surface area (Å²) in [6.07, 6.45) is 3.36. The highest BCUT2D eigenvalue weighted by Crippen LogP contribution is 2.32. The topological polar surface area (TPSA) is 97.3 Å². The molecule has 0 aliphatic heterocycles. The third-order valence-corrected chi connectivity index (χ3v) is 5.93. The number of hydrogen-bond donors (Lipinski definition) is 3. The van der Waals surface area contributed by atoms with Crippen molar-refractivity contribution in [3.8, 4) is 5.82 Å². The Morgan fingerprint density at radius 1 is 1.03 bits per heavy atom. The smallest absolute Gasteiger partial charge is 0.272 e. The number of carbonyl (C=O) groups excluding carboxylic acids is 2. The van der Waals surface area contributed by atoms with E-state index in [1.807, 2.05) is 6.07 Å². The summed E-state index contributed by atoms with van der Waals surface area (Å²) in [6, 6.07) is 8.57. The molecule has 2 heterocycles. The zero-order chi connectivity index (χ0) is 21.8. The Hall–Kier alpha value is -1.57. The second kappa shape index (κ2) is 10.2. The van der Waals surface area contributed by atoms with Crippen molar-refractivity contribution in [1.29, 1.82) is 0 Å². The summed E-state index contributed by atoms with van der Waals surface area (Å²) in [4.78, 5) is 34.7. The third kappa shape index (κ3) is 5.18. The van der Waals surface area contributed by atoms with Crippen LogP contribution in [0.1, 0.15) is 20.8 Å². The number of aromatic nitrogens is 2. The Morgan fingerprint density at radius 3 is 2.50 bits per heavy atom. The molecule has 12 heteroatoms. The number of pyridine rings is 1. The summed E-state index contributed by atoms with van der Waals surface area (Å²) in [5.41, 5.74) is 5.47. The first kappa shape index (κ1) is 23.1. The lowest BCUT2D eigenvalue weighted by Crippen LogP contribution is -2.37. The van der Waals surface area contributed by atoms with Gasteiger partial charge < -0.3 is 5.32 Å². The molecule has 1 aromatic carbocycles. The van der Waals surface area contributed by atoms with Crippen LogP contribution in [0.3, 0.4) is 0 Å². The Morgan fingerprint density at radius 2 is 1.80 bits per heavy atom. The van der Waals surface area contributed by atoms with Crippen LogP contribution in [-0.4, -0.2) is 28.5 Å². The first-order chi connectivity index (χ1) is 14.3. The minimum absolute atomic E-state index is 0.213. The maximum Gasteiger partial charge on any atom is 0.272 e. The van der Waals surface area contributed by atoms with Gasteiger partial charge in [-0.1, -0.05) is 15.9 Å². The van der Waals surface area contributed by atoms with Crippen molar-refractivity contribution < 1.29 is 14.4 Å². The van der Waals surface area contributed by atoms with Crippen LogP contribution in [-0.2, 0) is 4.84 Å². The van der Waals surface area contributed by atoms with Gasteiger partial charge in [0.05, 0.1) is 22.8 Å². The minimum Gasteiger partial charge on any atom is -0.319 e.